The lowest BCUT2D eigenvalue weighted by Crippen LogP contribution is -2.51. The number of nitrogens with zero attached hydrogens (tertiary/aromatic N) is 1. The normalized spacial score (nSPS) is 22.9. The minimum atomic E-state index is -0.581. The van der Waals surface area contributed by atoms with Crippen LogP contribution in [-0.4, -0.2) is 54.3 Å². The van der Waals surface area contributed by atoms with E-state index in [4.69, 9.17) is 5.73 Å². The average molecular weight is 395 g/mol. The Morgan fingerprint density at radius 2 is 1.93 bits per heavy atom. The van der Waals surface area contributed by atoms with E-state index in [0.717, 1.165) is 25.3 Å². The van der Waals surface area contributed by atoms with E-state index in [0.29, 0.717) is 18.9 Å². The summed E-state index contributed by atoms with van der Waals surface area (Å²) >= 11 is 0. The Labute approximate surface area is 169 Å². The van der Waals surface area contributed by atoms with Crippen molar-refractivity contribution in [3.63, 3.8) is 0 Å². The molecule has 0 aromatic carbocycles. The van der Waals surface area contributed by atoms with Gasteiger partial charge in [0, 0.05) is 6.54 Å². The van der Waals surface area contributed by atoms with Crippen molar-refractivity contribution in [2.45, 2.75) is 83.7 Å². The molecule has 7 nitrogen and oxygen atoms in total. The number of rotatable bonds is 11. The van der Waals surface area contributed by atoms with E-state index < -0.39 is 11.9 Å². The first kappa shape index (κ1) is 22.7. The third-order valence-electron chi connectivity index (χ3n) is 6.09. The Hall–Kier alpha value is -1.63. The number of carbonyl (C=O) groups is 3. The lowest BCUT2D eigenvalue weighted by Gasteiger charge is -2.27. The molecule has 2 aliphatic rings. The van der Waals surface area contributed by atoms with Crippen molar-refractivity contribution in [1.29, 1.82) is 0 Å². The lowest BCUT2D eigenvalue weighted by atomic mass is 9.83. The van der Waals surface area contributed by atoms with Crippen molar-refractivity contribution in [3.05, 3.63) is 0 Å². The minimum absolute atomic E-state index is 0.00228. The number of nitrogens with one attached hydrogen (secondary N) is 2. The maximum Gasteiger partial charge on any atom is 0.243 e. The molecule has 4 N–H and O–H groups in total. The van der Waals surface area contributed by atoms with Gasteiger partial charge in [-0.25, -0.2) is 0 Å². The van der Waals surface area contributed by atoms with Gasteiger partial charge in [-0.05, 0) is 37.6 Å². The van der Waals surface area contributed by atoms with Crippen molar-refractivity contribution >= 4 is 17.7 Å². The zero-order valence-corrected chi connectivity index (χ0v) is 17.5. The highest BCUT2D eigenvalue weighted by molar-refractivity contribution is 5.92. The molecule has 2 fully saturated rings. The zero-order valence-electron chi connectivity index (χ0n) is 17.5. The van der Waals surface area contributed by atoms with Crippen molar-refractivity contribution in [2.24, 2.45) is 17.6 Å². The molecule has 1 unspecified atom stereocenters. The fourth-order valence-corrected chi connectivity index (χ4v) is 4.61. The molecule has 3 atom stereocenters. The van der Waals surface area contributed by atoms with Gasteiger partial charge in [0.2, 0.25) is 17.7 Å². The van der Waals surface area contributed by atoms with Crippen molar-refractivity contribution in [3.8, 4) is 0 Å². The Morgan fingerprint density at radius 1 is 1.21 bits per heavy atom. The first-order chi connectivity index (χ1) is 13.4. The molecular weight excluding hydrogens is 356 g/mol. The standard InChI is InChI=1S/C21H38N4O3/c1-3-7-18(20(27)24-14-19(22)26)25-11-10-17(21(25)28)23-13-15(2)12-16-8-5-4-6-9-16/h15-18,23H,3-14H2,1-2H3,(H2,22,26)(H,24,27)/t15?,17-,18+/m1/s1. The lowest BCUT2D eigenvalue weighted by molar-refractivity contribution is -0.139. The second kappa shape index (κ2) is 11.4. The van der Waals surface area contributed by atoms with Crippen LogP contribution in [0.4, 0.5) is 0 Å². The average Bonchev–Trinajstić information content (AvgIpc) is 3.03. The van der Waals surface area contributed by atoms with Gasteiger partial charge in [0.05, 0.1) is 12.6 Å². The molecular formula is C21H38N4O3. The molecule has 7 heteroatoms. The van der Waals surface area contributed by atoms with E-state index >= 15 is 0 Å². The van der Waals surface area contributed by atoms with Crippen LogP contribution >= 0.6 is 0 Å². The SMILES string of the molecule is CCC[C@@H](C(=O)NCC(N)=O)N1CC[C@@H](NCC(C)CC2CCCCC2)C1=O. The predicted molar refractivity (Wildman–Crippen MR) is 109 cm³/mol. The van der Waals surface area contributed by atoms with E-state index in [1.165, 1.54) is 38.5 Å². The van der Waals surface area contributed by atoms with E-state index in [-0.39, 0.29) is 24.4 Å². The van der Waals surface area contributed by atoms with Crippen LogP contribution < -0.4 is 16.4 Å². The van der Waals surface area contributed by atoms with Crippen LogP contribution in [-0.2, 0) is 14.4 Å². The van der Waals surface area contributed by atoms with Gasteiger partial charge >= 0.3 is 0 Å². The molecule has 28 heavy (non-hydrogen) atoms. The molecule has 1 aliphatic heterocycles. The van der Waals surface area contributed by atoms with Crippen LogP contribution in [0.15, 0.2) is 0 Å². The Balaban J connectivity index is 1.82. The molecule has 2 rings (SSSR count). The Bertz CT molecular complexity index is 534. The van der Waals surface area contributed by atoms with Crippen molar-refractivity contribution in [1.82, 2.24) is 15.5 Å². The summed E-state index contributed by atoms with van der Waals surface area (Å²) in [4.78, 5) is 37.9. The summed E-state index contributed by atoms with van der Waals surface area (Å²) in [7, 11) is 0. The number of carbonyl (C=O) groups excluding carboxylic acids is 3. The molecule has 0 radical (unpaired) electrons. The molecule has 0 spiro atoms. The molecule has 3 amide bonds. The summed E-state index contributed by atoms with van der Waals surface area (Å²) in [5.41, 5.74) is 5.11. The second-order valence-corrected chi connectivity index (χ2v) is 8.61. The number of hydrogen-bond donors (Lipinski definition) is 3. The maximum atomic E-state index is 12.9. The summed E-state index contributed by atoms with van der Waals surface area (Å²) in [6, 6.07) is -0.736. The number of hydrogen-bond acceptors (Lipinski definition) is 4. The smallest absolute Gasteiger partial charge is 0.243 e. The first-order valence-corrected chi connectivity index (χ1v) is 11.0. The predicted octanol–water partition coefficient (Wildman–Crippen LogP) is 1.55. The molecule has 0 aromatic rings. The highest BCUT2D eigenvalue weighted by Gasteiger charge is 2.38. The van der Waals surface area contributed by atoms with Gasteiger partial charge in [-0.3, -0.25) is 14.4 Å². The third kappa shape index (κ3) is 6.76. The van der Waals surface area contributed by atoms with Crippen LogP contribution in [0.3, 0.4) is 0 Å². The molecule has 1 saturated carbocycles. The first-order valence-electron chi connectivity index (χ1n) is 11.0. The molecule has 1 aliphatic carbocycles. The Kier molecular flexibility index (Phi) is 9.22. The molecule has 0 aromatic heterocycles. The summed E-state index contributed by atoms with van der Waals surface area (Å²) in [5.74, 6) is 0.514. The monoisotopic (exact) mass is 394 g/mol. The summed E-state index contributed by atoms with van der Waals surface area (Å²) < 4.78 is 0. The highest BCUT2D eigenvalue weighted by atomic mass is 16.2. The van der Waals surface area contributed by atoms with Gasteiger partial charge in [0.25, 0.3) is 0 Å². The largest absolute Gasteiger partial charge is 0.368 e. The van der Waals surface area contributed by atoms with Crippen molar-refractivity contribution < 1.29 is 14.4 Å². The second-order valence-electron chi connectivity index (χ2n) is 8.61. The molecule has 1 saturated heterocycles. The summed E-state index contributed by atoms with van der Waals surface area (Å²) in [5, 5.41) is 5.99. The maximum absolute atomic E-state index is 12.9. The Morgan fingerprint density at radius 3 is 2.57 bits per heavy atom. The van der Waals surface area contributed by atoms with Crippen LogP contribution in [0.1, 0.15) is 71.6 Å². The van der Waals surface area contributed by atoms with Gasteiger partial charge in [-0.2, -0.15) is 0 Å². The van der Waals surface area contributed by atoms with Gasteiger partial charge in [0.15, 0.2) is 0 Å². The van der Waals surface area contributed by atoms with Crippen molar-refractivity contribution in [2.75, 3.05) is 19.6 Å². The van der Waals surface area contributed by atoms with Gasteiger partial charge in [0.1, 0.15) is 6.04 Å². The van der Waals surface area contributed by atoms with E-state index in [1.807, 2.05) is 6.92 Å². The van der Waals surface area contributed by atoms with E-state index in [2.05, 4.69) is 17.6 Å². The third-order valence-corrected chi connectivity index (χ3v) is 6.09. The van der Waals surface area contributed by atoms with Crippen LogP contribution in [0, 0.1) is 11.8 Å². The van der Waals surface area contributed by atoms with E-state index in [1.54, 1.807) is 4.90 Å². The topological polar surface area (TPSA) is 105 Å². The van der Waals surface area contributed by atoms with Gasteiger partial charge in [-0.15, -0.1) is 0 Å². The summed E-state index contributed by atoms with van der Waals surface area (Å²) in [6.07, 6.45) is 10.1. The van der Waals surface area contributed by atoms with Crippen LogP contribution in [0.2, 0.25) is 0 Å². The quantitative estimate of drug-likeness (QED) is 0.494. The fraction of sp³-hybridized carbons (Fsp3) is 0.857. The minimum Gasteiger partial charge on any atom is -0.368 e. The highest BCUT2D eigenvalue weighted by Crippen LogP contribution is 2.29. The fourth-order valence-electron chi connectivity index (χ4n) is 4.61. The molecule has 1 heterocycles. The number of amides is 3. The summed E-state index contributed by atoms with van der Waals surface area (Å²) in [6.45, 7) is 5.46. The van der Waals surface area contributed by atoms with Crippen LogP contribution in [0.5, 0.6) is 0 Å². The van der Waals surface area contributed by atoms with E-state index in [9.17, 15) is 14.4 Å². The van der Waals surface area contributed by atoms with Gasteiger partial charge in [-0.1, -0.05) is 52.4 Å². The van der Waals surface area contributed by atoms with Crippen LogP contribution in [0.25, 0.3) is 0 Å². The molecule has 160 valence electrons. The van der Waals surface area contributed by atoms with Gasteiger partial charge < -0.3 is 21.3 Å². The molecule has 0 bridgehead atoms. The number of likely N-dealkylation sites (tertiary alicyclic amines) is 1. The zero-order chi connectivity index (χ0) is 20.5. The number of primary amides is 1. The number of nitrogens with two attached hydrogens (primary N) is 1.